The van der Waals surface area contributed by atoms with E-state index in [-0.39, 0.29) is 12.0 Å². The smallest absolute Gasteiger partial charge is 0.307 e. The third kappa shape index (κ3) is 3.07. The minimum Gasteiger partial charge on any atom is -0.496 e. The van der Waals surface area contributed by atoms with Crippen molar-refractivity contribution in [3.63, 3.8) is 0 Å². The number of hydrogen-bond donors (Lipinski definition) is 1. The van der Waals surface area contributed by atoms with Crippen LogP contribution in [-0.2, 0) is 4.79 Å². The summed E-state index contributed by atoms with van der Waals surface area (Å²) in [6.45, 7) is 3.68. The number of hydrogen-bond acceptors (Lipinski definition) is 3. The third-order valence-corrected chi connectivity index (χ3v) is 3.94. The number of likely N-dealkylation sites (tertiary alicyclic amines) is 1. The second-order valence-corrected chi connectivity index (χ2v) is 5.09. The summed E-state index contributed by atoms with van der Waals surface area (Å²) < 4.78 is 5.39. The van der Waals surface area contributed by atoms with E-state index in [4.69, 9.17) is 9.84 Å². The Kier molecular flexibility index (Phi) is 4.43. The molecule has 0 aliphatic carbocycles. The van der Waals surface area contributed by atoms with Gasteiger partial charge < -0.3 is 9.84 Å². The van der Waals surface area contributed by atoms with Crippen molar-refractivity contribution in [2.45, 2.75) is 25.8 Å². The van der Waals surface area contributed by atoms with E-state index in [0.717, 1.165) is 30.7 Å². The van der Waals surface area contributed by atoms with Gasteiger partial charge in [0.1, 0.15) is 5.75 Å². The molecule has 1 aliphatic rings. The molecule has 2 unspecified atom stereocenters. The van der Waals surface area contributed by atoms with Crippen LogP contribution in [0, 0.1) is 5.92 Å². The Morgan fingerprint density at radius 3 is 2.89 bits per heavy atom. The zero-order chi connectivity index (χ0) is 13.8. The lowest BCUT2D eigenvalue weighted by Gasteiger charge is -2.35. The molecule has 4 heteroatoms. The maximum Gasteiger partial charge on any atom is 0.307 e. The van der Waals surface area contributed by atoms with Gasteiger partial charge in [0.15, 0.2) is 0 Å². The van der Waals surface area contributed by atoms with Gasteiger partial charge in [-0.15, -0.1) is 0 Å². The van der Waals surface area contributed by atoms with Crippen LogP contribution in [0.1, 0.15) is 31.4 Å². The highest BCUT2D eigenvalue weighted by atomic mass is 16.5. The van der Waals surface area contributed by atoms with Gasteiger partial charge in [0.25, 0.3) is 0 Å². The molecule has 1 aromatic carbocycles. The lowest BCUT2D eigenvalue weighted by atomic mass is 9.95. The van der Waals surface area contributed by atoms with Crippen molar-refractivity contribution < 1.29 is 14.6 Å². The number of carbonyl (C=O) groups is 1. The normalized spacial score (nSPS) is 21.9. The largest absolute Gasteiger partial charge is 0.496 e. The van der Waals surface area contributed by atoms with E-state index >= 15 is 0 Å². The lowest BCUT2D eigenvalue weighted by Crippen LogP contribution is -2.40. The SMILES string of the molecule is COc1ccccc1C(C)N1CCCC(C(=O)O)C1. The molecule has 0 amide bonds. The first kappa shape index (κ1) is 13.9. The minimum absolute atomic E-state index is 0.179. The van der Waals surface area contributed by atoms with Gasteiger partial charge >= 0.3 is 5.97 Å². The molecular weight excluding hydrogens is 242 g/mol. The highest BCUT2D eigenvalue weighted by Crippen LogP contribution is 2.31. The number of nitrogens with zero attached hydrogens (tertiary/aromatic N) is 1. The van der Waals surface area contributed by atoms with Gasteiger partial charge in [0, 0.05) is 18.2 Å². The molecule has 1 fully saturated rings. The Morgan fingerprint density at radius 2 is 2.21 bits per heavy atom. The number of rotatable bonds is 4. The van der Waals surface area contributed by atoms with Crippen LogP contribution in [0.5, 0.6) is 5.75 Å². The maximum absolute atomic E-state index is 11.1. The number of piperidine rings is 1. The molecule has 2 rings (SSSR count). The highest BCUT2D eigenvalue weighted by Gasteiger charge is 2.29. The average molecular weight is 263 g/mol. The first-order chi connectivity index (χ1) is 9.13. The summed E-state index contributed by atoms with van der Waals surface area (Å²) in [6.07, 6.45) is 1.72. The average Bonchev–Trinajstić information content (AvgIpc) is 2.46. The molecule has 1 heterocycles. The Morgan fingerprint density at radius 1 is 1.47 bits per heavy atom. The zero-order valence-corrected chi connectivity index (χ0v) is 11.5. The van der Waals surface area contributed by atoms with Gasteiger partial charge in [-0.1, -0.05) is 18.2 Å². The van der Waals surface area contributed by atoms with E-state index < -0.39 is 5.97 Å². The number of aliphatic carboxylic acids is 1. The summed E-state index contributed by atoms with van der Waals surface area (Å²) in [5.41, 5.74) is 1.12. The third-order valence-electron chi connectivity index (χ3n) is 3.94. The molecule has 19 heavy (non-hydrogen) atoms. The fourth-order valence-corrected chi connectivity index (χ4v) is 2.77. The van der Waals surface area contributed by atoms with Crippen molar-refractivity contribution >= 4 is 5.97 Å². The summed E-state index contributed by atoms with van der Waals surface area (Å²) in [6, 6.07) is 8.12. The Balaban J connectivity index is 2.14. The molecule has 0 spiro atoms. The molecule has 0 bridgehead atoms. The van der Waals surface area contributed by atoms with Crippen LogP contribution in [0.4, 0.5) is 0 Å². The molecule has 104 valence electrons. The van der Waals surface area contributed by atoms with Crippen molar-refractivity contribution in [2.75, 3.05) is 20.2 Å². The van der Waals surface area contributed by atoms with Gasteiger partial charge in [-0.05, 0) is 32.4 Å². The first-order valence-corrected chi connectivity index (χ1v) is 6.73. The standard InChI is InChI=1S/C15H21NO3/c1-11(13-7-3-4-8-14(13)19-2)16-9-5-6-12(10-16)15(17)18/h3-4,7-8,11-12H,5-6,9-10H2,1-2H3,(H,17,18). The summed E-state index contributed by atoms with van der Waals surface area (Å²) in [5, 5.41) is 9.16. The highest BCUT2D eigenvalue weighted by molar-refractivity contribution is 5.70. The molecule has 0 saturated carbocycles. The molecule has 1 saturated heterocycles. The predicted octanol–water partition coefficient (Wildman–Crippen LogP) is 2.55. The quantitative estimate of drug-likeness (QED) is 0.907. The van der Waals surface area contributed by atoms with Gasteiger partial charge in [-0.25, -0.2) is 0 Å². The summed E-state index contributed by atoms with van der Waals surface area (Å²) >= 11 is 0. The number of benzene rings is 1. The van der Waals surface area contributed by atoms with Crippen molar-refractivity contribution in [3.8, 4) is 5.75 Å². The van der Waals surface area contributed by atoms with E-state index in [1.54, 1.807) is 7.11 Å². The molecular formula is C15H21NO3. The van der Waals surface area contributed by atoms with Crippen LogP contribution in [0.15, 0.2) is 24.3 Å². The van der Waals surface area contributed by atoms with Crippen LogP contribution >= 0.6 is 0 Å². The molecule has 4 nitrogen and oxygen atoms in total. The second kappa shape index (κ2) is 6.06. The van der Waals surface area contributed by atoms with E-state index in [1.165, 1.54) is 0 Å². The number of carboxylic acids is 1. The summed E-state index contributed by atoms with van der Waals surface area (Å²) in [7, 11) is 1.67. The number of methoxy groups -OCH3 is 1. The minimum atomic E-state index is -0.683. The molecule has 1 N–H and O–H groups in total. The van der Waals surface area contributed by atoms with Gasteiger partial charge in [-0.3, -0.25) is 9.69 Å². The molecule has 1 aromatic rings. The Hall–Kier alpha value is -1.55. The predicted molar refractivity (Wildman–Crippen MR) is 73.3 cm³/mol. The Bertz CT molecular complexity index is 447. The van der Waals surface area contributed by atoms with Crippen LogP contribution in [0.2, 0.25) is 0 Å². The van der Waals surface area contributed by atoms with Gasteiger partial charge in [-0.2, -0.15) is 0 Å². The van der Waals surface area contributed by atoms with Crippen molar-refractivity contribution in [1.82, 2.24) is 4.90 Å². The topological polar surface area (TPSA) is 49.8 Å². The van der Waals surface area contributed by atoms with Crippen LogP contribution < -0.4 is 4.74 Å². The summed E-state index contributed by atoms with van der Waals surface area (Å²) in [4.78, 5) is 13.4. The van der Waals surface area contributed by atoms with Gasteiger partial charge in [0.05, 0.1) is 13.0 Å². The van der Waals surface area contributed by atoms with Crippen LogP contribution in [0.25, 0.3) is 0 Å². The fourth-order valence-electron chi connectivity index (χ4n) is 2.77. The Labute approximate surface area is 114 Å². The van der Waals surface area contributed by atoms with E-state index in [2.05, 4.69) is 11.8 Å². The first-order valence-electron chi connectivity index (χ1n) is 6.73. The summed E-state index contributed by atoms with van der Waals surface area (Å²) in [5.74, 6) is -0.0599. The lowest BCUT2D eigenvalue weighted by molar-refractivity contribution is -0.143. The molecule has 1 aliphatic heterocycles. The van der Waals surface area contributed by atoms with Crippen LogP contribution in [0.3, 0.4) is 0 Å². The second-order valence-electron chi connectivity index (χ2n) is 5.09. The van der Waals surface area contributed by atoms with E-state index in [9.17, 15) is 4.79 Å². The number of para-hydroxylation sites is 1. The van der Waals surface area contributed by atoms with Crippen molar-refractivity contribution in [2.24, 2.45) is 5.92 Å². The zero-order valence-electron chi connectivity index (χ0n) is 11.5. The maximum atomic E-state index is 11.1. The van der Waals surface area contributed by atoms with E-state index in [1.807, 2.05) is 24.3 Å². The van der Waals surface area contributed by atoms with Crippen LogP contribution in [-0.4, -0.2) is 36.2 Å². The van der Waals surface area contributed by atoms with Crippen molar-refractivity contribution in [1.29, 1.82) is 0 Å². The fraction of sp³-hybridized carbons (Fsp3) is 0.533. The molecule has 0 radical (unpaired) electrons. The molecule has 2 atom stereocenters. The van der Waals surface area contributed by atoms with Gasteiger partial charge in [0.2, 0.25) is 0 Å². The number of ether oxygens (including phenoxy) is 1. The monoisotopic (exact) mass is 263 g/mol. The molecule has 0 aromatic heterocycles. The van der Waals surface area contributed by atoms with Crippen molar-refractivity contribution in [3.05, 3.63) is 29.8 Å². The van der Waals surface area contributed by atoms with E-state index in [0.29, 0.717) is 6.54 Å². The number of carboxylic acid groups (broad SMARTS) is 1.